The summed E-state index contributed by atoms with van der Waals surface area (Å²) in [5.74, 6) is -4.73. The number of carbonyl (C=O) groups is 3. The molecule has 0 saturated heterocycles. The maximum Gasteiger partial charge on any atom is 0.317 e. The molecular weight excluding hydrogens is 412 g/mol. The topological polar surface area (TPSA) is 89.9 Å². The molecule has 1 aromatic rings. The van der Waals surface area contributed by atoms with Crippen LogP contribution in [0.15, 0.2) is 15.9 Å². The molecule has 138 valence electrons. The van der Waals surface area contributed by atoms with E-state index in [1.807, 2.05) is 0 Å². The summed E-state index contributed by atoms with van der Waals surface area (Å²) in [5, 5.41) is 10.8. The van der Waals surface area contributed by atoms with Gasteiger partial charge in [0.1, 0.15) is 5.92 Å². The number of Topliss-reactive ketones (excluding diaryl/α,β-unsaturated/α-hetero) is 1. The minimum atomic E-state index is -1.60. The first-order valence-electron chi connectivity index (χ1n) is 8.06. The third kappa shape index (κ3) is 4.12. The molecule has 2 rings (SSSR count). The van der Waals surface area contributed by atoms with Gasteiger partial charge >= 0.3 is 11.9 Å². The second-order valence-electron chi connectivity index (χ2n) is 6.13. The van der Waals surface area contributed by atoms with E-state index in [2.05, 4.69) is 15.9 Å². The van der Waals surface area contributed by atoms with E-state index in [0.29, 0.717) is 4.88 Å². The van der Waals surface area contributed by atoms with Crippen LogP contribution in [0.5, 0.6) is 0 Å². The number of esters is 2. The molecule has 1 aliphatic carbocycles. The number of halogens is 1. The molecule has 4 atom stereocenters. The standard InChI is InChI=1S/C17H21BrO6S/c1-4-23-15(20)12-9(19)8-17(3,22)14(16(21)24-5-2)13(12)10-6-7-11(18)25-10/h6-7,12-14,22H,4-5,8H2,1-3H3/t12-,13+,14+,17+/m1/s1. The van der Waals surface area contributed by atoms with E-state index >= 15 is 0 Å². The minimum Gasteiger partial charge on any atom is -0.466 e. The number of hydrogen-bond acceptors (Lipinski definition) is 7. The summed E-state index contributed by atoms with van der Waals surface area (Å²) in [6, 6.07) is 3.52. The Kier molecular flexibility index (Phi) is 6.40. The highest BCUT2D eigenvalue weighted by atomic mass is 79.9. The van der Waals surface area contributed by atoms with Gasteiger partial charge in [-0.2, -0.15) is 0 Å². The van der Waals surface area contributed by atoms with Crippen LogP contribution in [0.4, 0.5) is 0 Å². The Morgan fingerprint density at radius 2 is 1.88 bits per heavy atom. The summed E-state index contributed by atoms with van der Waals surface area (Å²) in [6.07, 6.45) is -0.303. The van der Waals surface area contributed by atoms with Gasteiger partial charge in [0.25, 0.3) is 0 Å². The molecule has 0 spiro atoms. The zero-order valence-corrected chi connectivity index (χ0v) is 16.7. The molecule has 0 radical (unpaired) electrons. The molecule has 6 nitrogen and oxygen atoms in total. The van der Waals surface area contributed by atoms with Crippen molar-refractivity contribution in [3.63, 3.8) is 0 Å². The van der Waals surface area contributed by atoms with Gasteiger partial charge in [-0.25, -0.2) is 0 Å². The summed E-state index contributed by atoms with van der Waals surface area (Å²) < 4.78 is 11.0. The Morgan fingerprint density at radius 1 is 1.28 bits per heavy atom. The fourth-order valence-corrected chi connectivity index (χ4v) is 4.93. The van der Waals surface area contributed by atoms with E-state index in [-0.39, 0.29) is 19.6 Å². The summed E-state index contributed by atoms with van der Waals surface area (Å²) >= 11 is 4.67. The van der Waals surface area contributed by atoms with Crippen molar-refractivity contribution in [2.45, 2.75) is 38.7 Å². The van der Waals surface area contributed by atoms with Gasteiger partial charge in [-0.15, -0.1) is 11.3 Å². The van der Waals surface area contributed by atoms with Crippen LogP contribution in [0.1, 0.15) is 38.0 Å². The fourth-order valence-electron chi connectivity index (χ4n) is 3.33. The monoisotopic (exact) mass is 432 g/mol. The number of ketones is 1. The van der Waals surface area contributed by atoms with E-state index in [9.17, 15) is 19.5 Å². The summed E-state index contributed by atoms with van der Waals surface area (Å²) in [6.45, 7) is 5.03. The molecule has 0 aromatic carbocycles. The first-order chi connectivity index (χ1) is 11.7. The van der Waals surface area contributed by atoms with E-state index in [1.54, 1.807) is 26.0 Å². The van der Waals surface area contributed by atoms with Crippen molar-refractivity contribution in [3.05, 3.63) is 20.8 Å². The average molecular weight is 433 g/mol. The van der Waals surface area contributed by atoms with E-state index in [1.165, 1.54) is 18.3 Å². The minimum absolute atomic E-state index is 0.129. The van der Waals surface area contributed by atoms with Crippen LogP contribution >= 0.6 is 27.3 Å². The van der Waals surface area contributed by atoms with Crippen molar-refractivity contribution in [1.82, 2.24) is 0 Å². The molecule has 1 saturated carbocycles. The van der Waals surface area contributed by atoms with Gasteiger partial charge in [0.2, 0.25) is 0 Å². The van der Waals surface area contributed by atoms with Gasteiger partial charge < -0.3 is 14.6 Å². The maximum absolute atomic E-state index is 12.6. The number of carbonyl (C=O) groups excluding carboxylic acids is 3. The second-order valence-corrected chi connectivity index (χ2v) is 8.62. The quantitative estimate of drug-likeness (QED) is 0.568. The van der Waals surface area contributed by atoms with Crippen molar-refractivity contribution in [2.75, 3.05) is 13.2 Å². The highest BCUT2D eigenvalue weighted by Crippen LogP contribution is 2.48. The summed E-state index contributed by atoms with van der Waals surface area (Å²) in [7, 11) is 0. The maximum atomic E-state index is 12.6. The van der Waals surface area contributed by atoms with Gasteiger partial charge in [-0.1, -0.05) is 0 Å². The van der Waals surface area contributed by atoms with Gasteiger partial charge in [0.15, 0.2) is 5.78 Å². The molecule has 0 unspecified atom stereocenters. The first-order valence-corrected chi connectivity index (χ1v) is 9.67. The van der Waals surface area contributed by atoms with E-state index in [0.717, 1.165) is 3.79 Å². The van der Waals surface area contributed by atoms with Gasteiger partial charge in [-0.3, -0.25) is 14.4 Å². The van der Waals surface area contributed by atoms with Gasteiger partial charge in [-0.05, 0) is 48.8 Å². The lowest BCUT2D eigenvalue weighted by Gasteiger charge is -2.43. The van der Waals surface area contributed by atoms with Crippen molar-refractivity contribution in [2.24, 2.45) is 11.8 Å². The number of thiophene rings is 1. The predicted octanol–water partition coefficient (Wildman–Crippen LogP) is 2.68. The Morgan fingerprint density at radius 3 is 2.40 bits per heavy atom. The van der Waals surface area contributed by atoms with Crippen molar-refractivity contribution >= 4 is 45.0 Å². The van der Waals surface area contributed by atoms with Crippen molar-refractivity contribution < 1.29 is 29.0 Å². The van der Waals surface area contributed by atoms with Crippen LogP contribution in [-0.2, 0) is 23.9 Å². The fraction of sp³-hybridized carbons (Fsp3) is 0.588. The zero-order valence-electron chi connectivity index (χ0n) is 14.3. The number of ether oxygens (including phenoxy) is 2. The lowest BCUT2D eigenvalue weighted by Crippen LogP contribution is -2.55. The summed E-state index contributed by atoms with van der Waals surface area (Å²) in [5.41, 5.74) is -1.60. The zero-order chi connectivity index (χ0) is 18.8. The van der Waals surface area contributed by atoms with E-state index < -0.39 is 41.1 Å². The lowest BCUT2D eigenvalue weighted by atomic mass is 9.63. The van der Waals surface area contributed by atoms with Crippen molar-refractivity contribution in [1.29, 1.82) is 0 Å². The van der Waals surface area contributed by atoms with Crippen LogP contribution < -0.4 is 0 Å². The smallest absolute Gasteiger partial charge is 0.317 e. The van der Waals surface area contributed by atoms with Gasteiger partial charge in [0, 0.05) is 17.2 Å². The second kappa shape index (κ2) is 7.97. The van der Waals surface area contributed by atoms with Crippen LogP contribution in [0.25, 0.3) is 0 Å². The third-order valence-corrected chi connectivity index (χ3v) is 6.00. The number of rotatable bonds is 5. The molecule has 1 fully saturated rings. The Bertz CT molecular complexity index is 668. The van der Waals surface area contributed by atoms with Crippen molar-refractivity contribution in [3.8, 4) is 0 Å². The molecule has 0 aliphatic heterocycles. The number of hydrogen-bond donors (Lipinski definition) is 1. The average Bonchev–Trinajstić information content (AvgIpc) is 2.92. The normalized spacial score (nSPS) is 29.3. The van der Waals surface area contributed by atoms with Crippen LogP contribution in [0.2, 0.25) is 0 Å². The Balaban J connectivity index is 2.56. The number of aliphatic hydroxyl groups is 1. The molecule has 8 heteroatoms. The Hall–Kier alpha value is -1.25. The first kappa shape index (κ1) is 20.1. The molecular formula is C17H21BrO6S. The predicted molar refractivity (Wildman–Crippen MR) is 95.3 cm³/mol. The highest BCUT2D eigenvalue weighted by molar-refractivity contribution is 9.11. The molecule has 0 bridgehead atoms. The van der Waals surface area contributed by atoms with Crippen LogP contribution in [0.3, 0.4) is 0 Å². The lowest BCUT2D eigenvalue weighted by molar-refractivity contribution is -0.172. The van der Waals surface area contributed by atoms with Crippen LogP contribution in [0, 0.1) is 11.8 Å². The molecule has 1 aliphatic rings. The molecule has 1 aromatic heterocycles. The highest BCUT2D eigenvalue weighted by Gasteiger charge is 2.57. The molecule has 0 amide bonds. The molecule has 1 N–H and O–H groups in total. The van der Waals surface area contributed by atoms with Crippen LogP contribution in [-0.4, -0.2) is 41.6 Å². The Labute approximate surface area is 158 Å². The summed E-state index contributed by atoms with van der Waals surface area (Å²) in [4.78, 5) is 38.3. The SMILES string of the molecule is CCOC(=O)[C@@H]1C(=O)C[C@](C)(O)[C@H](C(=O)OCC)[C@H]1c1ccc(Br)s1. The van der Waals surface area contributed by atoms with E-state index in [4.69, 9.17) is 9.47 Å². The third-order valence-electron chi connectivity index (χ3n) is 4.27. The molecule has 25 heavy (non-hydrogen) atoms. The molecule has 1 heterocycles. The van der Waals surface area contributed by atoms with Gasteiger partial charge in [0.05, 0.1) is 28.5 Å². The largest absolute Gasteiger partial charge is 0.466 e.